The zero-order valence-electron chi connectivity index (χ0n) is 17.5. The largest absolute Gasteiger partial charge is 0.444 e. The summed E-state index contributed by atoms with van der Waals surface area (Å²) in [6.07, 6.45) is -0.454. The van der Waals surface area contributed by atoms with E-state index in [4.69, 9.17) is 4.74 Å². The summed E-state index contributed by atoms with van der Waals surface area (Å²) in [5.74, 6) is -0.919. The number of thiazole rings is 1. The molecule has 10 heteroatoms. The molecule has 1 aromatic heterocycles. The van der Waals surface area contributed by atoms with Crippen LogP contribution < -0.4 is 10.2 Å². The molecule has 1 fully saturated rings. The molecule has 7 nitrogen and oxygen atoms in total. The molecule has 3 rings (SSSR count). The van der Waals surface area contributed by atoms with Crippen LogP contribution in [0.2, 0.25) is 0 Å². The first-order chi connectivity index (χ1) is 13.9. The van der Waals surface area contributed by atoms with Crippen molar-refractivity contribution in [1.82, 2.24) is 15.2 Å². The minimum absolute atomic E-state index is 0.198. The topological polar surface area (TPSA) is 74.8 Å². The molecule has 1 saturated heterocycles. The van der Waals surface area contributed by atoms with E-state index in [9.17, 15) is 14.0 Å². The van der Waals surface area contributed by atoms with Gasteiger partial charge in [0.15, 0.2) is 0 Å². The predicted molar refractivity (Wildman–Crippen MR) is 117 cm³/mol. The second-order valence-corrected chi connectivity index (χ2v) is 10.1. The summed E-state index contributed by atoms with van der Waals surface area (Å²) in [4.78, 5) is 32.9. The summed E-state index contributed by atoms with van der Waals surface area (Å²) in [6.45, 7) is 5.81. The van der Waals surface area contributed by atoms with Gasteiger partial charge in [0.1, 0.15) is 26.6 Å². The zero-order chi connectivity index (χ0) is 22.3. The second kappa shape index (κ2) is 8.14. The third-order valence-corrected chi connectivity index (χ3v) is 6.26. The van der Waals surface area contributed by atoms with Crippen LogP contribution >= 0.6 is 27.3 Å². The molecule has 1 aliphatic rings. The lowest BCUT2D eigenvalue weighted by molar-refractivity contribution is -0.0169. The minimum Gasteiger partial charge on any atom is -0.444 e. The first-order valence-corrected chi connectivity index (χ1v) is 11.0. The molecule has 0 atom stereocenters. The molecule has 0 radical (unpaired) electrons. The number of nitrogens with zero attached hydrogens (tertiary/aromatic N) is 3. The van der Waals surface area contributed by atoms with E-state index in [-0.39, 0.29) is 18.7 Å². The van der Waals surface area contributed by atoms with Gasteiger partial charge in [0.2, 0.25) is 0 Å². The Labute approximate surface area is 187 Å². The van der Waals surface area contributed by atoms with Gasteiger partial charge in [-0.25, -0.2) is 14.2 Å². The number of carbonyl (C=O) groups excluding carboxylic acids is 2. The number of halogens is 2. The SMILES string of the molecule is CN(C)c1ccc(C(=O)NC2(c3nc(Br)cs3)CN(C(=O)OC(C)(C)C)C2)cc1F. The van der Waals surface area contributed by atoms with Gasteiger partial charge in [0.25, 0.3) is 5.91 Å². The van der Waals surface area contributed by atoms with E-state index in [2.05, 4.69) is 26.2 Å². The van der Waals surface area contributed by atoms with Crippen molar-refractivity contribution in [2.45, 2.75) is 31.9 Å². The van der Waals surface area contributed by atoms with E-state index in [0.717, 1.165) is 0 Å². The number of carbonyl (C=O) groups is 2. The van der Waals surface area contributed by atoms with Crippen molar-refractivity contribution < 1.29 is 18.7 Å². The number of ether oxygens (including phenoxy) is 1. The highest BCUT2D eigenvalue weighted by Crippen LogP contribution is 2.36. The molecule has 0 aliphatic carbocycles. The summed E-state index contributed by atoms with van der Waals surface area (Å²) in [5.41, 5.74) is -0.885. The van der Waals surface area contributed by atoms with Crippen molar-refractivity contribution in [2.75, 3.05) is 32.1 Å². The molecule has 1 N–H and O–H groups in total. The van der Waals surface area contributed by atoms with Crippen LogP contribution in [-0.4, -0.2) is 54.7 Å². The second-order valence-electron chi connectivity index (χ2n) is 8.41. The van der Waals surface area contributed by atoms with Crippen LogP contribution in [-0.2, 0) is 10.3 Å². The molecule has 2 heterocycles. The highest BCUT2D eigenvalue weighted by Gasteiger charge is 2.51. The maximum Gasteiger partial charge on any atom is 0.410 e. The van der Waals surface area contributed by atoms with Crippen LogP contribution in [0.15, 0.2) is 28.2 Å². The lowest BCUT2D eigenvalue weighted by Crippen LogP contribution is -2.69. The normalized spacial score (nSPS) is 15.4. The number of anilines is 1. The van der Waals surface area contributed by atoms with E-state index in [1.54, 1.807) is 51.9 Å². The van der Waals surface area contributed by atoms with E-state index >= 15 is 0 Å². The number of hydrogen-bond donors (Lipinski definition) is 1. The van der Waals surface area contributed by atoms with Gasteiger partial charge in [-0.2, -0.15) is 0 Å². The highest BCUT2D eigenvalue weighted by atomic mass is 79.9. The molecule has 0 bridgehead atoms. The fraction of sp³-hybridized carbons (Fsp3) is 0.450. The Hall–Kier alpha value is -2.20. The lowest BCUT2D eigenvalue weighted by atomic mass is 9.90. The molecule has 2 aromatic rings. The summed E-state index contributed by atoms with van der Waals surface area (Å²) >= 11 is 4.70. The average molecular weight is 499 g/mol. The monoisotopic (exact) mass is 498 g/mol. The average Bonchev–Trinajstić information content (AvgIpc) is 3.02. The number of benzene rings is 1. The van der Waals surface area contributed by atoms with Crippen LogP contribution in [0, 0.1) is 5.82 Å². The molecule has 2 amide bonds. The molecule has 0 unspecified atom stereocenters. The van der Waals surface area contributed by atoms with Crippen molar-refractivity contribution in [1.29, 1.82) is 0 Å². The van der Waals surface area contributed by atoms with E-state index in [1.807, 2.05) is 5.38 Å². The summed E-state index contributed by atoms with van der Waals surface area (Å²) in [6, 6.07) is 4.34. The molecule has 1 aromatic carbocycles. The van der Waals surface area contributed by atoms with Gasteiger partial charge in [-0.05, 0) is 54.9 Å². The molecule has 162 valence electrons. The third kappa shape index (κ3) is 4.75. The quantitative estimate of drug-likeness (QED) is 0.689. The van der Waals surface area contributed by atoms with Gasteiger partial charge in [-0.15, -0.1) is 11.3 Å². The molecule has 0 saturated carbocycles. The van der Waals surface area contributed by atoms with Crippen LogP contribution in [0.4, 0.5) is 14.9 Å². The number of aromatic nitrogens is 1. The van der Waals surface area contributed by atoms with E-state index in [1.165, 1.54) is 22.3 Å². The Kier molecular flexibility index (Phi) is 6.10. The van der Waals surface area contributed by atoms with Gasteiger partial charge >= 0.3 is 6.09 Å². The molecule has 30 heavy (non-hydrogen) atoms. The van der Waals surface area contributed by atoms with Crippen molar-refractivity contribution in [3.05, 3.63) is 44.6 Å². The Bertz CT molecular complexity index is 967. The maximum atomic E-state index is 14.3. The van der Waals surface area contributed by atoms with Crippen LogP contribution in [0.3, 0.4) is 0 Å². The Morgan fingerprint density at radius 1 is 1.33 bits per heavy atom. The lowest BCUT2D eigenvalue weighted by Gasteiger charge is -2.48. The van der Waals surface area contributed by atoms with E-state index < -0.39 is 29.0 Å². The van der Waals surface area contributed by atoms with Crippen LogP contribution in [0.25, 0.3) is 0 Å². The van der Waals surface area contributed by atoms with Crippen LogP contribution in [0.5, 0.6) is 0 Å². The maximum absolute atomic E-state index is 14.3. The first-order valence-electron chi connectivity index (χ1n) is 9.29. The van der Waals surface area contributed by atoms with Gasteiger partial charge < -0.3 is 19.9 Å². The minimum atomic E-state index is -0.860. The standard InChI is InChI=1S/C20H24BrFN4O3S/c1-19(2,3)29-18(28)26-10-20(11-26,17-23-15(21)9-30-17)24-16(27)12-6-7-14(25(4)5)13(22)8-12/h6-9H,10-11H2,1-5H3,(H,24,27). The fourth-order valence-corrected chi connectivity index (χ4v) is 4.50. The number of likely N-dealkylation sites (tertiary alicyclic amines) is 1. The first kappa shape index (κ1) is 22.5. The summed E-state index contributed by atoms with van der Waals surface area (Å²) < 4.78 is 20.4. The molecule has 1 aliphatic heterocycles. The Morgan fingerprint density at radius 3 is 2.50 bits per heavy atom. The number of rotatable bonds is 4. The van der Waals surface area contributed by atoms with Gasteiger partial charge in [0, 0.05) is 25.0 Å². The fourth-order valence-electron chi connectivity index (χ4n) is 3.10. The Balaban J connectivity index is 1.81. The smallest absolute Gasteiger partial charge is 0.410 e. The molecular weight excluding hydrogens is 475 g/mol. The Morgan fingerprint density at radius 2 is 2.00 bits per heavy atom. The molecular formula is C20H24BrFN4O3S. The van der Waals surface area contributed by atoms with Crippen molar-refractivity contribution in [2.24, 2.45) is 0 Å². The number of hydrogen-bond acceptors (Lipinski definition) is 6. The van der Waals surface area contributed by atoms with Gasteiger partial charge in [-0.1, -0.05) is 0 Å². The number of amides is 2. The van der Waals surface area contributed by atoms with E-state index in [0.29, 0.717) is 15.3 Å². The third-order valence-electron chi connectivity index (χ3n) is 4.50. The zero-order valence-corrected chi connectivity index (χ0v) is 19.9. The number of nitrogens with one attached hydrogen (secondary N) is 1. The van der Waals surface area contributed by atoms with Crippen molar-refractivity contribution >= 4 is 45.0 Å². The predicted octanol–water partition coefficient (Wildman–Crippen LogP) is 3.99. The summed E-state index contributed by atoms with van der Waals surface area (Å²) in [7, 11) is 3.46. The molecule has 0 spiro atoms. The summed E-state index contributed by atoms with van der Waals surface area (Å²) in [5, 5.41) is 5.43. The highest BCUT2D eigenvalue weighted by molar-refractivity contribution is 9.10. The van der Waals surface area contributed by atoms with Crippen molar-refractivity contribution in [3.63, 3.8) is 0 Å². The van der Waals surface area contributed by atoms with Crippen LogP contribution in [0.1, 0.15) is 36.1 Å². The van der Waals surface area contributed by atoms with Crippen molar-refractivity contribution in [3.8, 4) is 0 Å². The van der Waals surface area contributed by atoms with Gasteiger partial charge in [0.05, 0.1) is 18.8 Å². The van der Waals surface area contributed by atoms with Gasteiger partial charge in [-0.3, -0.25) is 4.79 Å².